The van der Waals surface area contributed by atoms with Gasteiger partial charge in [0, 0.05) is 49.2 Å². The van der Waals surface area contributed by atoms with E-state index >= 15 is 0 Å². The molecule has 43 heavy (non-hydrogen) atoms. The standard InChI is InChI=1S/C38H42N2O3/c1-5-32(41)12-10-15-37(42)43-27-11-26-39-36-25-24-35(33-13-8-9-14-34(33)36)38(29-18-16-28(4)17-19-29)30-20-22-31(23-21-30)40(6-2)7-3/h5,8-9,13-14,16-25,39H,1,4,6-7,10-12,15,26-27H2,2-3H3. The topological polar surface area (TPSA) is 58.6 Å². The third kappa shape index (κ3) is 8.23. The second kappa shape index (κ2) is 15.5. The molecule has 222 valence electrons. The molecule has 4 aromatic rings. The van der Waals surface area contributed by atoms with Crippen molar-refractivity contribution in [3.8, 4) is 0 Å². The maximum absolute atomic E-state index is 12.0. The van der Waals surface area contributed by atoms with E-state index in [1.807, 2.05) is 0 Å². The lowest BCUT2D eigenvalue weighted by molar-refractivity contribution is -0.143. The summed E-state index contributed by atoms with van der Waals surface area (Å²) in [6.07, 6.45) is 3.02. The Morgan fingerprint density at radius 1 is 0.837 bits per heavy atom. The molecule has 4 rings (SSSR count). The monoisotopic (exact) mass is 574 g/mol. The SMILES string of the molecule is C=CC(=O)CCCC(=O)OCCCNc1ccc(C(c2ccc(N(CC)CC)cc2)=c2ccc(=C)cc2)c2ccccc12. The third-order valence-corrected chi connectivity index (χ3v) is 7.65. The fourth-order valence-corrected chi connectivity index (χ4v) is 5.31. The third-order valence-electron chi connectivity index (χ3n) is 7.65. The molecule has 5 nitrogen and oxygen atoms in total. The predicted octanol–water partition coefficient (Wildman–Crippen LogP) is 6.61. The fraction of sp³-hybridized carbons (Fsp3) is 0.263. The van der Waals surface area contributed by atoms with Crippen LogP contribution in [0.4, 0.5) is 11.4 Å². The summed E-state index contributed by atoms with van der Waals surface area (Å²) in [5.41, 5.74) is 5.76. The molecule has 0 atom stereocenters. The van der Waals surface area contributed by atoms with Crippen LogP contribution in [0, 0.1) is 0 Å². The van der Waals surface area contributed by atoms with Crippen molar-refractivity contribution in [2.75, 3.05) is 36.5 Å². The summed E-state index contributed by atoms with van der Waals surface area (Å²) in [5.74, 6) is -0.323. The van der Waals surface area contributed by atoms with Crippen molar-refractivity contribution < 1.29 is 14.3 Å². The molecule has 5 heteroatoms. The van der Waals surface area contributed by atoms with Gasteiger partial charge in [-0.05, 0) is 83.5 Å². The molecule has 0 aliphatic heterocycles. The van der Waals surface area contributed by atoms with Crippen LogP contribution in [-0.2, 0) is 14.3 Å². The number of rotatable bonds is 15. The number of nitrogens with one attached hydrogen (secondary N) is 1. The van der Waals surface area contributed by atoms with Gasteiger partial charge in [0.05, 0.1) is 6.61 Å². The zero-order valence-electron chi connectivity index (χ0n) is 25.4. The lowest BCUT2D eigenvalue weighted by atomic mass is 9.90. The van der Waals surface area contributed by atoms with Crippen LogP contribution < -0.4 is 20.7 Å². The quantitative estimate of drug-likeness (QED) is 0.0983. The van der Waals surface area contributed by atoms with E-state index in [1.165, 1.54) is 17.3 Å². The van der Waals surface area contributed by atoms with E-state index in [0.717, 1.165) is 51.1 Å². The smallest absolute Gasteiger partial charge is 0.305 e. The molecule has 4 aromatic carbocycles. The van der Waals surface area contributed by atoms with Gasteiger partial charge in [-0.1, -0.05) is 79.9 Å². The number of benzene rings is 4. The van der Waals surface area contributed by atoms with Crippen molar-refractivity contribution in [2.24, 2.45) is 0 Å². The van der Waals surface area contributed by atoms with Crippen molar-refractivity contribution in [1.82, 2.24) is 0 Å². The van der Waals surface area contributed by atoms with Crippen LogP contribution in [0.1, 0.15) is 50.7 Å². The lowest BCUT2D eigenvalue weighted by Crippen LogP contribution is -2.21. The molecule has 0 fully saturated rings. The normalized spacial score (nSPS) is 10.7. The molecule has 0 bridgehead atoms. The van der Waals surface area contributed by atoms with Gasteiger partial charge in [-0.3, -0.25) is 9.59 Å². The van der Waals surface area contributed by atoms with E-state index < -0.39 is 0 Å². The summed E-state index contributed by atoms with van der Waals surface area (Å²) >= 11 is 0. The van der Waals surface area contributed by atoms with Crippen LogP contribution in [0.2, 0.25) is 0 Å². The molecule has 0 aromatic heterocycles. The Morgan fingerprint density at radius 3 is 2.21 bits per heavy atom. The van der Waals surface area contributed by atoms with E-state index in [1.54, 1.807) is 0 Å². The van der Waals surface area contributed by atoms with Crippen LogP contribution in [0.5, 0.6) is 0 Å². The average Bonchev–Trinajstić information content (AvgIpc) is 3.03. The molecule has 0 saturated heterocycles. The second-order valence-corrected chi connectivity index (χ2v) is 10.5. The number of ketones is 1. The van der Waals surface area contributed by atoms with Gasteiger partial charge in [0.25, 0.3) is 0 Å². The number of anilines is 2. The highest BCUT2D eigenvalue weighted by atomic mass is 16.5. The number of hydrogen-bond donors (Lipinski definition) is 1. The number of allylic oxidation sites excluding steroid dienone is 1. The zero-order chi connectivity index (χ0) is 30.6. The minimum Gasteiger partial charge on any atom is -0.466 e. The molecule has 1 N–H and O–H groups in total. The van der Waals surface area contributed by atoms with Crippen molar-refractivity contribution in [1.29, 1.82) is 0 Å². The van der Waals surface area contributed by atoms with Crippen molar-refractivity contribution in [2.45, 2.75) is 39.5 Å². The lowest BCUT2D eigenvalue weighted by Gasteiger charge is -2.22. The van der Waals surface area contributed by atoms with E-state index in [-0.39, 0.29) is 18.2 Å². The number of fused-ring (bicyclic) bond motifs is 1. The molecular formula is C38H42N2O3. The highest BCUT2D eigenvalue weighted by molar-refractivity contribution is 6.03. The summed E-state index contributed by atoms with van der Waals surface area (Å²) in [6, 6.07) is 30.1. The zero-order valence-corrected chi connectivity index (χ0v) is 25.4. The van der Waals surface area contributed by atoms with Gasteiger partial charge in [-0.15, -0.1) is 0 Å². The first kappa shape index (κ1) is 31.3. The summed E-state index contributed by atoms with van der Waals surface area (Å²) in [4.78, 5) is 25.6. The van der Waals surface area contributed by atoms with Gasteiger partial charge in [0.2, 0.25) is 0 Å². The van der Waals surface area contributed by atoms with E-state index in [0.29, 0.717) is 32.4 Å². The molecule has 0 spiro atoms. The number of carbonyl (C=O) groups is 2. The molecule has 0 amide bonds. The Kier molecular flexibility index (Phi) is 11.3. The summed E-state index contributed by atoms with van der Waals surface area (Å²) < 4.78 is 5.35. The first-order chi connectivity index (χ1) is 20.9. The number of esters is 1. The Bertz CT molecular complexity index is 1650. The van der Waals surface area contributed by atoms with E-state index in [9.17, 15) is 9.59 Å². The highest BCUT2D eigenvalue weighted by Crippen LogP contribution is 2.33. The van der Waals surface area contributed by atoms with Crippen LogP contribution in [-0.4, -0.2) is 38.0 Å². The van der Waals surface area contributed by atoms with Gasteiger partial charge in [0.15, 0.2) is 5.78 Å². The number of hydrogen-bond acceptors (Lipinski definition) is 5. The van der Waals surface area contributed by atoms with Gasteiger partial charge in [-0.2, -0.15) is 0 Å². The Balaban J connectivity index is 1.56. The number of nitrogens with zero attached hydrogens (tertiary/aromatic N) is 1. The molecule has 0 aliphatic carbocycles. The molecule has 0 aliphatic rings. The fourth-order valence-electron chi connectivity index (χ4n) is 5.31. The molecule has 0 unspecified atom stereocenters. The first-order valence-corrected chi connectivity index (χ1v) is 15.2. The van der Waals surface area contributed by atoms with Gasteiger partial charge in [0.1, 0.15) is 0 Å². The molecule has 0 saturated carbocycles. The van der Waals surface area contributed by atoms with Gasteiger partial charge >= 0.3 is 5.97 Å². The summed E-state index contributed by atoms with van der Waals surface area (Å²) in [6.45, 7) is 14.8. The van der Waals surface area contributed by atoms with Crippen LogP contribution >= 0.6 is 0 Å². The Labute approximate surface area is 255 Å². The maximum Gasteiger partial charge on any atom is 0.305 e. The molecular weight excluding hydrogens is 532 g/mol. The largest absolute Gasteiger partial charge is 0.466 e. The second-order valence-electron chi connectivity index (χ2n) is 10.5. The number of ether oxygens (including phenoxy) is 1. The average molecular weight is 575 g/mol. The minimum absolute atomic E-state index is 0.0516. The highest BCUT2D eigenvalue weighted by Gasteiger charge is 2.14. The predicted molar refractivity (Wildman–Crippen MR) is 180 cm³/mol. The number of carbonyl (C=O) groups excluding carboxylic acids is 2. The molecule has 0 heterocycles. The maximum atomic E-state index is 12.0. The van der Waals surface area contributed by atoms with Crippen LogP contribution in [0.25, 0.3) is 22.9 Å². The van der Waals surface area contributed by atoms with Crippen LogP contribution in [0.15, 0.2) is 97.6 Å². The summed E-state index contributed by atoms with van der Waals surface area (Å²) in [5, 5.41) is 7.97. The van der Waals surface area contributed by atoms with Crippen molar-refractivity contribution >= 4 is 46.1 Å². The van der Waals surface area contributed by atoms with Gasteiger partial charge in [-0.25, -0.2) is 0 Å². The molecule has 0 radical (unpaired) electrons. The van der Waals surface area contributed by atoms with Gasteiger partial charge < -0.3 is 15.0 Å². The Hall–Kier alpha value is -4.64. The van der Waals surface area contributed by atoms with E-state index in [4.69, 9.17) is 4.74 Å². The van der Waals surface area contributed by atoms with E-state index in [2.05, 4.69) is 122 Å². The van der Waals surface area contributed by atoms with Crippen LogP contribution in [0.3, 0.4) is 0 Å². The van der Waals surface area contributed by atoms with Crippen molar-refractivity contribution in [3.63, 3.8) is 0 Å². The minimum atomic E-state index is -0.272. The van der Waals surface area contributed by atoms with Crippen molar-refractivity contribution in [3.05, 3.63) is 119 Å². The first-order valence-electron chi connectivity index (χ1n) is 15.2. The Morgan fingerprint density at radius 2 is 1.53 bits per heavy atom. The summed E-state index contributed by atoms with van der Waals surface area (Å²) in [7, 11) is 0.